The zero-order valence-corrected chi connectivity index (χ0v) is 17.5. The van der Waals surface area contributed by atoms with Crippen LogP contribution in [-0.2, 0) is 15.1 Å². The van der Waals surface area contributed by atoms with E-state index in [1.165, 1.54) is 7.11 Å². The summed E-state index contributed by atoms with van der Waals surface area (Å²) in [6, 6.07) is 14.8. The van der Waals surface area contributed by atoms with Crippen molar-refractivity contribution in [3.05, 3.63) is 65.7 Å². The van der Waals surface area contributed by atoms with Gasteiger partial charge in [0.15, 0.2) is 0 Å². The highest BCUT2D eigenvalue weighted by molar-refractivity contribution is 6.08. The minimum absolute atomic E-state index is 0.469. The molecule has 2 aromatic carbocycles. The highest BCUT2D eigenvalue weighted by Crippen LogP contribution is 2.30. The van der Waals surface area contributed by atoms with Gasteiger partial charge in [-0.2, -0.15) is 5.01 Å². The molecule has 0 bridgehead atoms. The summed E-state index contributed by atoms with van der Waals surface area (Å²) >= 11 is 0. The summed E-state index contributed by atoms with van der Waals surface area (Å²) in [4.78, 5) is 40.7. The van der Waals surface area contributed by atoms with Crippen LogP contribution in [0.3, 0.4) is 0 Å². The van der Waals surface area contributed by atoms with Crippen LogP contribution in [0.2, 0.25) is 0 Å². The summed E-state index contributed by atoms with van der Waals surface area (Å²) in [5.41, 5.74) is 2.51. The van der Waals surface area contributed by atoms with Crippen LogP contribution in [0.1, 0.15) is 31.0 Å². The van der Waals surface area contributed by atoms with Gasteiger partial charge in [-0.05, 0) is 43.8 Å². The Morgan fingerprint density at radius 1 is 1.20 bits per heavy atom. The Bertz CT molecular complexity index is 949. The molecule has 1 aliphatic rings. The molecule has 1 fully saturated rings. The van der Waals surface area contributed by atoms with E-state index < -0.39 is 29.4 Å². The second kappa shape index (κ2) is 8.54. The highest BCUT2D eigenvalue weighted by atomic mass is 16.5. The first-order valence-corrected chi connectivity index (χ1v) is 9.68. The Kier molecular flexibility index (Phi) is 6.07. The fourth-order valence-corrected chi connectivity index (χ4v) is 3.47. The lowest BCUT2D eigenvalue weighted by atomic mass is 9.92. The molecule has 158 valence electrons. The standard InChI is InChI=1S/C22H26N4O4/c1-5-25(3)18(15-10-7-6-8-11-15)19(27)24-26-20(28)22(2,23-21(26)29)16-12-9-13-17(14-16)30-4/h6-14,18H,5H2,1-4H3,(H,23,29)(H,24,27)/t18-,22+/m1/s1. The van der Waals surface area contributed by atoms with Gasteiger partial charge in [0.1, 0.15) is 17.3 Å². The normalized spacial score (nSPS) is 19.6. The van der Waals surface area contributed by atoms with E-state index in [2.05, 4.69) is 10.7 Å². The van der Waals surface area contributed by atoms with Gasteiger partial charge in [0.05, 0.1) is 7.11 Å². The molecule has 2 N–H and O–H groups in total. The van der Waals surface area contributed by atoms with Crippen molar-refractivity contribution >= 4 is 17.8 Å². The number of urea groups is 1. The van der Waals surface area contributed by atoms with Crippen molar-refractivity contribution in [2.75, 3.05) is 20.7 Å². The predicted octanol–water partition coefficient (Wildman–Crippen LogP) is 2.19. The molecule has 0 saturated carbocycles. The average Bonchev–Trinajstić information content (AvgIpc) is 2.98. The van der Waals surface area contributed by atoms with Crippen LogP contribution in [-0.4, -0.2) is 48.5 Å². The van der Waals surface area contributed by atoms with E-state index in [0.717, 1.165) is 10.6 Å². The molecule has 4 amide bonds. The van der Waals surface area contributed by atoms with Crippen molar-refractivity contribution in [2.24, 2.45) is 0 Å². The first-order chi connectivity index (χ1) is 14.3. The van der Waals surface area contributed by atoms with E-state index >= 15 is 0 Å². The van der Waals surface area contributed by atoms with Gasteiger partial charge in [0.25, 0.3) is 11.8 Å². The number of ether oxygens (including phenoxy) is 1. The molecule has 0 spiro atoms. The Morgan fingerprint density at radius 3 is 2.53 bits per heavy atom. The van der Waals surface area contributed by atoms with E-state index in [0.29, 0.717) is 17.9 Å². The lowest BCUT2D eigenvalue weighted by Gasteiger charge is -2.28. The third-order valence-corrected chi connectivity index (χ3v) is 5.36. The molecule has 8 heteroatoms. The summed E-state index contributed by atoms with van der Waals surface area (Å²) in [7, 11) is 3.33. The molecule has 0 aliphatic carbocycles. The summed E-state index contributed by atoms with van der Waals surface area (Å²) in [5.74, 6) is -0.476. The molecular weight excluding hydrogens is 384 g/mol. The fraction of sp³-hybridized carbons (Fsp3) is 0.318. The van der Waals surface area contributed by atoms with Gasteiger partial charge in [0, 0.05) is 0 Å². The van der Waals surface area contributed by atoms with Crippen LogP contribution in [0.25, 0.3) is 0 Å². The maximum atomic E-state index is 13.1. The molecule has 1 saturated heterocycles. The summed E-state index contributed by atoms with van der Waals surface area (Å²) < 4.78 is 5.22. The number of rotatable bonds is 7. The number of nitrogens with zero attached hydrogens (tertiary/aromatic N) is 2. The van der Waals surface area contributed by atoms with Gasteiger partial charge in [-0.15, -0.1) is 0 Å². The van der Waals surface area contributed by atoms with Crippen molar-refractivity contribution < 1.29 is 19.1 Å². The van der Waals surface area contributed by atoms with Gasteiger partial charge in [-0.3, -0.25) is 19.9 Å². The number of nitrogens with one attached hydrogen (secondary N) is 2. The third-order valence-electron chi connectivity index (χ3n) is 5.36. The second-order valence-corrected chi connectivity index (χ2v) is 7.29. The van der Waals surface area contributed by atoms with Crippen LogP contribution < -0.4 is 15.5 Å². The first-order valence-electron chi connectivity index (χ1n) is 9.68. The number of hydrazine groups is 1. The van der Waals surface area contributed by atoms with Crippen LogP contribution in [0.15, 0.2) is 54.6 Å². The third kappa shape index (κ3) is 3.86. The van der Waals surface area contributed by atoms with Gasteiger partial charge >= 0.3 is 6.03 Å². The lowest BCUT2D eigenvalue weighted by Crippen LogP contribution is -2.51. The monoisotopic (exact) mass is 410 g/mol. The number of methoxy groups -OCH3 is 1. The minimum Gasteiger partial charge on any atom is -0.497 e. The van der Waals surface area contributed by atoms with Crippen LogP contribution >= 0.6 is 0 Å². The Balaban J connectivity index is 1.86. The van der Waals surface area contributed by atoms with Crippen LogP contribution in [0.4, 0.5) is 4.79 Å². The van der Waals surface area contributed by atoms with Crippen molar-refractivity contribution in [1.82, 2.24) is 20.7 Å². The molecular formula is C22H26N4O4. The van der Waals surface area contributed by atoms with Crippen LogP contribution in [0, 0.1) is 0 Å². The van der Waals surface area contributed by atoms with E-state index in [1.54, 1.807) is 31.2 Å². The second-order valence-electron chi connectivity index (χ2n) is 7.29. The Morgan fingerprint density at radius 2 is 1.90 bits per heavy atom. The highest BCUT2D eigenvalue weighted by Gasteiger charge is 2.50. The number of carbonyl (C=O) groups excluding carboxylic acids is 3. The molecule has 1 aliphatic heterocycles. The van der Waals surface area contributed by atoms with E-state index in [9.17, 15) is 14.4 Å². The van der Waals surface area contributed by atoms with Crippen molar-refractivity contribution in [3.8, 4) is 5.75 Å². The quantitative estimate of drug-likeness (QED) is 0.683. The lowest BCUT2D eigenvalue weighted by molar-refractivity contribution is -0.141. The van der Waals surface area contributed by atoms with Gasteiger partial charge in [-0.25, -0.2) is 4.79 Å². The van der Waals surface area contributed by atoms with Crippen molar-refractivity contribution in [2.45, 2.75) is 25.4 Å². The van der Waals surface area contributed by atoms with Gasteiger partial charge in [-0.1, -0.05) is 49.4 Å². The summed E-state index contributed by atoms with van der Waals surface area (Å²) in [6.07, 6.45) is 0. The molecule has 0 radical (unpaired) electrons. The van der Waals surface area contributed by atoms with Crippen LogP contribution in [0.5, 0.6) is 5.75 Å². The summed E-state index contributed by atoms with van der Waals surface area (Å²) in [6.45, 7) is 4.13. The number of carbonyl (C=O) groups is 3. The smallest absolute Gasteiger partial charge is 0.344 e. The Labute approximate surface area is 175 Å². The first kappa shape index (κ1) is 21.3. The fourth-order valence-electron chi connectivity index (χ4n) is 3.47. The molecule has 2 aromatic rings. The number of benzene rings is 2. The number of hydrogen-bond donors (Lipinski definition) is 2. The van der Waals surface area contributed by atoms with Crippen molar-refractivity contribution in [3.63, 3.8) is 0 Å². The van der Waals surface area contributed by atoms with E-state index in [1.807, 2.05) is 49.2 Å². The average molecular weight is 410 g/mol. The largest absolute Gasteiger partial charge is 0.497 e. The number of hydrogen-bond acceptors (Lipinski definition) is 5. The van der Waals surface area contributed by atoms with E-state index in [-0.39, 0.29) is 0 Å². The Hall–Kier alpha value is -3.39. The van der Waals surface area contributed by atoms with E-state index in [4.69, 9.17) is 4.74 Å². The van der Waals surface area contributed by atoms with Crippen molar-refractivity contribution in [1.29, 1.82) is 0 Å². The molecule has 1 heterocycles. The molecule has 30 heavy (non-hydrogen) atoms. The zero-order valence-electron chi connectivity index (χ0n) is 17.5. The van der Waals surface area contributed by atoms with Gasteiger partial charge in [0.2, 0.25) is 0 Å². The summed E-state index contributed by atoms with van der Waals surface area (Å²) in [5, 5.41) is 3.43. The number of amides is 4. The topological polar surface area (TPSA) is 91.0 Å². The molecule has 0 unspecified atom stereocenters. The van der Waals surface area contributed by atoms with Gasteiger partial charge < -0.3 is 10.1 Å². The minimum atomic E-state index is -1.32. The molecule has 2 atom stereocenters. The predicted molar refractivity (Wildman–Crippen MR) is 111 cm³/mol. The number of imide groups is 1. The number of likely N-dealkylation sites (N-methyl/N-ethyl adjacent to an activating group) is 1. The maximum absolute atomic E-state index is 13.1. The SMILES string of the molecule is CCN(C)[C@@H](C(=O)NN1C(=O)N[C@@](C)(c2cccc(OC)c2)C1=O)c1ccccc1. The molecule has 3 rings (SSSR count). The zero-order chi connectivity index (χ0) is 21.9. The molecule has 0 aromatic heterocycles. The maximum Gasteiger partial charge on any atom is 0.344 e. The molecule has 8 nitrogen and oxygen atoms in total.